The molecule has 0 bridgehead atoms. The number of benzene rings is 1. The second-order valence-corrected chi connectivity index (χ2v) is 4.82. The van der Waals surface area contributed by atoms with E-state index in [0.717, 1.165) is 10.8 Å². The third-order valence-electron chi connectivity index (χ3n) is 1.29. The Bertz CT molecular complexity index is 231. The molecule has 0 aliphatic carbocycles. The maximum atomic E-state index is 5.81. The molecule has 0 heterocycles. The smallest absolute Gasteiger partial charge is 0.0406 e. The van der Waals surface area contributed by atoms with Gasteiger partial charge >= 0.3 is 0 Å². The van der Waals surface area contributed by atoms with Gasteiger partial charge in [0.2, 0.25) is 0 Å². The lowest BCUT2D eigenvalue weighted by Gasteiger charge is -2.02. The van der Waals surface area contributed by atoms with E-state index in [1.807, 2.05) is 31.2 Å². The minimum absolute atomic E-state index is 0.214. The van der Waals surface area contributed by atoms with Crippen LogP contribution in [0.1, 0.15) is 6.92 Å². The molecule has 0 aliphatic heterocycles. The van der Waals surface area contributed by atoms with Crippen molar-refractivity contribution in [3.63, 3.8) is 0 Å². The summed E-state index contributed by atoms with van der Waals surface area (Å²) < 4.78 is 0. The van der Waals surface area contributed by atoms with Crippen LogP contribution < -0.4 is 0 Å². The van der Waals surface area contributed by atoms with E-state index in [-0.39, 0.29) is 5.38 Å². The first-order chi connectivity index (χ1) is 5.68. The normalized spacial score (nSPS) is 12.9. The molecule has 1 rings (SSSR count). The summed E-state index contributed by atoms with van der Waals surface area (Å²) in [5, 5.41) is 0.990. The lowest BCUT2D eigenvalue weighted by molar-refractivity contribution is 1.11. The first-order valence-electron chi connectivity index (χ1n) is 3.71. The molecule has 1 aromatic carbocycles. The van der Waals surface area contributed by atoms with Gasteiger partial charge in [0.1, 0.15) is 0 Å². The molecule has 0 nitrogen and oxygen atoms in total. The van der Waals surface area contributed by atoms with E-state index in [2.05, 4.69) is 0 Å². The zero-order chi connectivity index (χ0) is 8.97. The fourth-order valence-electron chi connectivity index (χ4n) is 0.742. The van der Waals surface area contributed by atoms with Crippen LogP contribution in [0.2, 0.25) is 5.02 Å². The summed E-state index contributed by atoms with van der Waals surface area (Å²) in [5.41, 5.74) is 0. The van der Waals surface area contributed by atoms with Crippen LogP contribution in [0, 0.1) is 0 Å². The van der Waals surface area contributed by atoms with Gasteiger partial charge in [0, 0.05) is 21.0 Å². The molecule has 1 unspecified atom stereocenters. The number of hydrogen-bond acceptors (Lipinski definition) is 1. The molecule has 0 saturated carbocycles. The van der Waals surface area contributed by atoms with Crippen molar-refractivity contribution in [2.45, 2.75) is 17.2 Å². The lowest BCUT2D eigenvalue weighted by atomic mass is 10.4. The summed E-state index contributed by atoms with van der Waals surface area (Å²) >= 11 is 13.3. The van der Waals surface area contributed by atoms with Crippen LogP contribution in [0.3, 0.4) is 0 Å². The molecule has 3 heteroatoms. The highest BCUT2D eigenvalue weighted by Crippen LogP contribution is 2.21. The Morgan fingerprint density at radius 2 is 1.92 bits per heavy atom. The number of halogens is 2. The second kappa shape index (κ2) is 5.00. The Morgan fingerprint density at radius 1 is 1.33 bits per heavy atom. The van der Waals surface area contributed by atoms with Crippen molar-refractivity contribution in [1.29, 1.82) is 0 Å². The van der Waals surface area contributed by atoms with E-state index in [4.69, 9.17) is 23.2 Å². The van der Waals surface area contributed by atoms with Crippen molar-refractivity contribution in [3.05, 3.63) is 29.3 Å². The molecule has 0 radical (unpaired) electrons. The van der Waals surface area contributed by atoms with Gasteiger partial charge in [0.05, 0.1) is 0 Å². The quantitative estimate of drug-likeness (QED) is 0.547. The molecule has 0 aromatic heterocycles. The average Bonchev–Trinajstić information content (AvgIpc) is 2.03. The Balaban J connectivity index is 2.48. The SMILES string of the molecule is CC(Cl)CSc1ccc(Cl)cc1. The number of rotatable bonds is 3. The van der Waals surface area contributed by atoms with Crippen molar-refractivity contribution in [3.8, 4) is 0 Å². The predicted molar refractivity (Wildman–Crippen MR) is 57.5 cm³/mol. The second-order valence-electron chi connectivity index (χ2n) is 2.55. The largest absolute Gasteiger partial charge is 0.125 e. The molecule has 1 aromatic rings. The third-order valence-corrected chi connectivity index (χ3v) is 3.15. The van der Waals surface area contributed by atoms with Crippen LogP contribution in [-0.2, 0) is 0 Å². The molecule has 0 amide bonds. The van der Waals surface area contributed by atoms with Gasteiger partial charge in [-0.05, 0) is 31.2 Å². The van der Waals surface area contributed by atoms with Gasteiger partial charge in [-0.3, -0.25) is 0 Å². The summed E-state index contributed by atoms with van der Waals surface area (Å²) in [6, 6.07) is 7.80. The Kier molecular flexibility index (Phi) is 4.27. The van der Waals surface area contributed by atoms with E-state index in [0.29, 0.717) is 0 Å². The fourth-order valence-corrected chi connectivity index (χ4v) is 1.81. The topological polar surface area (TPSA) is 0 Å². The van der Waals surface area contributed by atoms with E-state index in [9.17, 15) is 0 Å². The zero-order valence-electron chi connectivity index (χ0n) is 6.76. The van der Waals surface area contributed by atoms with Crippen molar-refractivity contribution in [2.24, 2.45) is 0 Å². The van der Waals surface area contributed by atoms with Crippen LogP contribution in [-0.4, -0.2) is 11.1 Å². The maximum Gasteiger partial charge on any atom is 0.0406 e. The van der Waals surface area contributed by atoms with Crippen LogP contribution >= 0.6 is 35.0 Å². The van der Waals surface area contributed by atoms with Crippen molar-refractivity contribution in [1.82, 2.24) is 0 Å². The number of thioether (sulfide) groups is 1. The molecule has 0 saturated heterocycles. The van der Waals surface area contributed by atoms with Crippen LogP contribution in [0.4, 0.5) is 0 Å². The van der Waals surface area contributed by atoms with E-state index in [1.54, 1.807) is 11.8 Å². The highest BCUT2D eigenvalue weighted by atomic mass is 35.5. The molecule has 0 aliphatic rings. The molecule has 1 atom stereocenters. The third kappa shape index (κ3) is 3.70. The molecule has 0 N–H and O–H groups in total. The fraction of sp³-hybridized carbons (Fsp3) is 0.333. The van der Waals surface area contributed by atoms with E-state index >= 15 is 0 Å². The van der Waals surface area contributed by atoms with Crippen LogP contribution in [0.5, 0.6) is 0 Å². The Labute approximate surface area is 87.3 Å². The van der Waals surface area contributed by atoms with Gasteiger partial charge in [0.25, 0.3) is 0 Å². The molecular formula is C9H10Cl2S. The molecule has 0 fully saturated rings. The predicted octanol–water partition coefficient (Wildman–Crippen LogP) is 4.06. The average molecular weight is 221 g/mol. The van der Waals surface area contributed by atoms with Gasteiger partial charge in [0.15, 0.2) is 0 Å². The van der Waals surface area contributed by atoms with Gasteiger partial charge in [-0.25, -0.2) is 0 Å². The monoisotopic (exact) mass is 220 g/mol. The lowest BCUT2D eigenvalue weighted by Crippen LogP contribution is -1.93. The highest BCUT2D eigenvalue weighted by Gasteiger charge is 1.98. The minimum atomic E-state index is 0.214. The summed E-state index contributed by atoms with van der Waals surface area (Å²) in [6.45, 7) is 1.99. The van der Waals surface area contributed by atoms with Crippen LogP contribution in [0.25, 0.3) is 0 Å². The van der Waals surface area contributed by atoms with Gasteiger partial charge in [-0.1, -0.05) is 11.6 Å². The van der Waals surface area contributed by atoms with Crippen molar-refractivity contribution >= 4 is 35.0 Å². The van der Waals surface area contributed by atoms with Gasteiger partial charge in [-0.15, -0.1) is 23.4 Å². The van der Waals surface area contributed by atoms with E-state index < -0.39 is 0 Å². The van der Waals surface area contributed by atoms with E-state index in [1.165, 1.54) is 4.90 Å². The zero-order valence-corrected chi connectivity index (χ0v) is 9.09. The first kappa shape index (κ1) is 10.2. The summed E-state index contributed by atoms with van der Waals surface area (Å²) in [4.78, 5) is 1.21. The van der Waals surface area contributed by atoms with Gasteiger partial charge in [-0.2, -0.15) is 0 Å². The van der Waals surface area contributed by atoms with Crippen molar-refractivity contribution in [2.75, 3.05) is 5.75 Å². The Hall–Kier alpha value is 0.150. The van der Waals surface area contributed by atoms with Crippen LogP contribution in [0.15, 0.2) is 29.2 Å². The van der Waals surface area contributed by atoms with Gasteiger partial charge < -0.3 is 0 Å². The highest BCUT2D eigenvalue weighted by molar-refractivity contribution is 7.99. The van der Waals surface area contributed by atoms with Crippen molar-refractivity contribution < 1.29 is 0 Å². The maximum absolute atomic E-state index is 5.81. The molecule has 12 heavy (non-hydrogen) atoms. The summed E-state index contributed by atoms with van der Waals surface area (Å²) in [6.07, 6.45) is 0. The summed E-state index contributed by atoms with van der Waals surface area (Å²) in [7, 11) is 0. The first-order valence-corrected chi connectivity index (χ1v) is 5.51. The molecule has 66 valence electrons. The minimum Gasteiger partial charge on any atom is -0.125 e. The molecular weight excluding hydrogens is 211 g/mol. The molecule has 0 spiro atoms. The Morgan fingerprint density at radius 3 is 2.42 bits per heavy atom. The number of alkyl halides is 1. The summed E-state index contributed by atoms with van der Waals surface area (Å²) in [5.74, 6) is 0.934. The standard InChI is InChI=1S/C9H10Cl2S/c1-7(10)6-12-9-4-2-8(11)3-5-9/h2-5,7H,6H2,1H3. The number of hydrogen-bond donors (Lipinski definition) is 0.